The highest BCUT2D eigenvalue weighted by Gasteiger charge is 2.18. The van der Waals surface area contributed by atoms with Crippen molar-refractivity contribution in [3.63, 3.8) is 0 Å². The Balaban J connectivity index is 2.00. The maximum atomic E-state index is 5.61. The highest BCUT2D eigenvalue weighted by atomic mass is 16.5. The fourth-order valence-electron chi connectivity index (χ4n) is 2.37. The Morgan fingerprint density at radius 1 is 1.28 bits per heavy atom. The van der Waals surface area contributed by atoms with Crippen LogP contribution in [0.15, 0.2) is 0 Å². The van der Waals surface area contributed by atoms with E-state index in [0.717, 1.165) is 39.3 Å². The van der Waals surface area contributed by atoms with E-state index in [1.807, 2.05) is 0 Å². The van der Waals surface area contributed by atoms with Crippen LogP contribution >= 0.6 is 0 Å². The average molecular weight is 258 g/mol. The lowest BCUT2D eigenvalue weighted by Gasteiger charge is -2.33. The van der Waals surface area contributed by atoms with Gasteiger partial charge in [-0.15, -0.1) is 0 Å². The number of methoxy groups -OCH3 is 1. The van der Waals surface area contributed by atoms with Gasteiger partial charge in [-0.05, 0) is 38.8 Å². The largest absolute Gasteiger partial charge is 0.385 e. The maximum Gasteiger partial charge on any atom is 0.0593 e. The van der Waals surface area contributed by atoms with Gasteiger partial charge in [-0.3, -0.25) is 4.90 Å². The van der Waals surface area contributed by atoms with Crippen molar-refractivity contribution in [2.45, 2.75) is 38.6 Å². The Labute approximate surface area is 112 Å². The van der Waals surface area contributed by atoms with Gasteiger partial charge in [0.05, 0.1) is 6.61 Å². The van der Waals surface area contributed by atoms with Gasteiger partial charge in [-0.1, -0.05) is 6.92 Å². The quantitative estimate of drug-likeness (QED) is 0.602. The van der Waals surface area contributed by atoms with Crippen LogP contribution in [0.5, 0.6) is 0 Å². The molecular weight excluding hydrogens is 228 g/mol. The topological polar surface area (TPSA) is 33.7 Å². The summed E-state index contributed by atoms with van der Waals surface area (Å²) in [6.45, 7) is 9.31. The first-order valence-electron chi connectivity index (χ1n) is 7.39. The zero-order chi connectivity index (χ0) is 13.1. The van der Waals surface area contributed by atoms with Crippen molar-refractivity contribution < 1.29 is 9.47 Å². The van der Waals surface area contributed by atoms with Gasteiger partial charge in [0, 0.05) is 39.5 Å². The summed E-state index contributed by atoms with van der Waals surface area (Å²) in [6, 6.07) is 0.687. The van der Waals surface area contributed by atoms with Gasteiger partial charge in [0.25, 0.3) is 0 Å². The molecule has 18 heavy (non-hydrogen) atoms. The van der Waals surface area contributed by atoms with Crippen LogP contribution in [0.2, 0.25) is 0 Å². The maximum absolute atomic E-state index is 5.61. The minimum atomic E-state index is 0.687. The summed E-state index contributed by atoms with van der Waals surface area (Å²) in [5, 5.41) is 3.62. The Kier molecular flexibility index (Phi) is 9.48. The lowest BCUT2D eigenvalue weighted by molar-refractivity contribution is 0.0747. The summed E-state index contributed by atoms with van der Waals surface area (Å²) in [4.78, 5) is 2.52. The van der Waals surface area contributed by atoms with E-state index in [0.29, 0.717) is 6.04 Å². The van der Waals surface area contributed by atoms with Gasteiger partial charge < -0.3 is 14.8 Å². The van der Waals surface area contributed by atoms with Crippen LogP contribution < -0.4 is 5.32 Å². The van der Waals surface area contributed by atoms with Crippen LogP contribution in [0.3, 0.4) is 0 Å². The number of nitrogens with one attached hydrogen (secondary N) is 1. The number of piperidine rings is 1. The fraction of sp³-hybridized carbons (Fsp3) is 1.00. The van der Waals surface area contributed by atoms with Gasteiger partial charge in [-0.2, -0.15) is 0 Å². The van der Waals surface area contributed by atoms with Gasteiger partial charge >= 0.3 is 0 Å². The number of hydrogen-bond donors (Lipinski definition) is 1. The van der Waals surface area contributed by atoms with Crippen LogP contribution in [0.25, 0.3) is 0 Å². The number of likely N-dealkylation sites (tertiary alicyclic amines) is 1. The molecule has 1 heterocycles. The molecule has 0 saturated carbocycles. The van der Waals surface area contributed by atoms with E-state index in [4.69, 9.17) is 9.47 Å². The van der Waals surface area contributed by atoms with Crippen LogP contribution in [0.1, 0.15) is 32.6 Å². The zero-order valence-electron chi connectivity index (χ0n) is 12.1. The van der Waals surface area contributed by atoms with E-state index in [9.17, 15) is 0 Å². The minimum absolute atomic E-state index is 0.687. The molecule has 0 aliphatic carbocycles. The van der Waals surface area contributed by atoms with Crippen molar-refractivity contribution in [1.29, 1.82) is 0 Å². The van der Waals surface area contributed by atoms with E-state index in [-0.39, 0.29) is 0 Å². The molecule has 0 aromatic carbocycles. The van der Waals surface area contributed by atoms with Gasteiger partial charge in [-0.25, -0.2) is 0 Å². The fourth-order valence-corrected chi connectivity index (χ4v) is 2.37. The molecule has 1 aliphatic rings. The van der Waals surface area contributed by atoms with Crippen LogP contribution in [-0.4, -0.2) is 64.1 Å². The highest BCUT2D eigenvalue weighted by molar-refractivity contribution is 4.77. The standard InChI is InChI=1S/C14H30N2O2/c1-3-7-15-14-6-4-8-16(13-14)9-12-18-11-5-10-17-2/h14-15H,3-13H2,1-2H3. The van der Waals surface area contributed by atoms with Crippen molar-refractivity contribution >= 4 is 0 Å². The summed E-state index contributed by atoms with van der Waals surface area (Å²) >= 11 is 0. The predicted octanol–water partition coefficient (Wildman–Crippen LogP) is 1.50. The molecule has 1 fully saturated rings. The number of ether oxygens (including phenoxy) is 2. The average Bonchev–Trinajstić information content (AvgIpc) is 2.41. The second-order valence-electron chi connectivity index (χ2n) is 5.05. The summed E-state index contributed by atoms with van der Waals surface area (Å²) in [7, 11) is 1.73. The summed E-state index contributed by atoms with van der Waals surface area (Å²) in [5.41, 5.74) is 0. The second-order valence-corrected chi connectivity index (χ2v) is 5.05. The number of hydrogen-bond acceptors (Lipinski definition) is 4. The van der Waals surface area contributed by atoms with E-state index in [2.05, 4.69) is 17.1 Å². The molecule has 1 saturated heterocycles. The molecule has 1 rings (SSSR count). The van der Waals surface area contributed by atoms with E-state index < -0.39 is 0 Å². The Morgan fingerprint density at radius 2 is 2.17 bits per heavy atom. The van der Waals surface area contributed by atoms with Crippen LogP contribution in [0.4, 0.5) is 0 Å². The molecule has 1 unspecified atom stereocenters. The van der Waals surface area contributed by atoms with Crippen LogP contribution in [-0.2, 0) is 9.47 Å². The third kappa shape index (κ3) is 7.31. The summed E-state index contributed by atoms with van der Waals surface area (Å²) in [5.74, 6) is 0. The normalized spacial score (nSPS) is 21.3. The molecule has 1 N–H and O–H groups in total. The number of rotatable bonds is 10. The van der Waals surface area contributed by atoms with E-state index in [1.54, 1.807) is 7.11 Å². The molecule has 0 spiro atoms. The Hall–Kier alpha value is -0.160. The lowest BCUT2D eigenvalue weighted by atomic mass is 10.1. The molecule has 1 atom stereocenters. The molecule has 4 heteroatoms. The molecule has 0 radical (unpaired) electrons. The predicted molar refractivity (Wildman–Crippen MR) is 75.1 cm³/mol. The van der Waals surface area contributed by atoms with Crippen molar-refractivity contribution in [3.05, 3.63) is 0 Å². The smallest absolute Gasteiger partial charge is 0.0593 e. The zero-order valence-corrected chi connectivity index (χ0v) is 12.1. The molecule has 0 aromatic rings. The summed E-state index contributed by atoms with van der Waals surface area (Å²) < 4.78 is 10.6. The molecule has 0 aromatic heterocycles. The molecule has 0 amide bonds. The van der Waals surface area contributed by atoms with Crippen molar-refractivity contribution in [3.8, 4) is 0 Å². The van der Waals surface area contributed by atoms with Gasteiger partial charge in [0.1, 0.15) is 0 Å². The first kappa shape index (κ1) is 15.9. The highest BCUT2D eigenvalue weighted by Crippen LogP contribution is 2.09. The Morgan fingerprint density at radius 3 is 2.94 bits per heavy atom. The van der Waals surface area contributed by atoms with Gasteiger partial charge in [0.15, 0.2) is 0 Å². The lowest BCUT2D eigenvalue weighted by Crippen LogP contribution is -2.46. The van der Waals surface area contributed by atoms with Gasteiger partial charge in [0.2, 0.25) is 0 Å². The SMILES string of the molecule is CCCNC1CCCN(CCOCCCOC)C1. The van der Waals surface area contributed by atoms with E-state index in [1.165, 1.54) is 32.4 Å². The van der Waals surface area contributed by atoms with E-state index >= 15 is 0 Å². The first-order chi connectivity index (χ1) is 8.86. The molecular formula is C14H30N2O2. The van der Waals surface area contributed by atoms with Crippen molar-refractivity contribution in [1.82, 2.24) is 10.2 Å². The summed E-state index contributed by atoms with van der Waals surface area (Å²) in [6.07, 6.45) is 4.85. The third-order valence-electron chi connectivity index (χ3n) is 3.38. The second kappa shape index (κ2) is 10.7. The molecule has 4 nitrogen and oxygen atoms in total. The molecule has 1 aliphatic heterocycles. The monoisotopic (exact) mass is 258 g/mol. The first-order valence-corrected chi connectivity index (χ1v) is 7.39. The third-order valence-corrected chi connectivity index (χ3v) is 3.38. The minimum Gasteiger partial charge on any atom is -0.385 e. The Bertz CT molecular complexity index is 191. The molecule has 108 valence electrons. The number of nitrogens with zero attached hydrogens (tertiary/aromatic N) is 1. The van der Waals surface area contributed by atoms with Crippen LogP contribution in [0, 0.1) is 0 Å². The van der Waals surface area contributed by atoms with Crippen molar-refractivity contribution in [2.75, 3.05) is 53.1 Å². The van der Waals surface area contributed by atoms with Crippen molar-refractivity contribution in [2.24, 2.45) is 0 Å². The molecule has 0 bridgehead atoms.